The summed E-state index contributed by atoms with van der Waals surface area (Å²) in [5.74, 6) is -1.85. The van der Waals surface area contributed by atoms with Crippen LogP contribution in [0.15, 0.2) is 48.5 Å². The zero-order chi connectivity index (χ0) is 26.0. The second-order valence-electron chi connectivity index (χ2n) is 10.1. The molecular weight excluding hydrogens is 461 g/mol. The molecular formula is C29H30FNO5. The number of rotatable bonds is 1. The molecule has 0 amide bonds. The standard InChI is InChI=1S/C29H30FNO5/c1-29(2,3)36-28(34)31-25-10-6-5-9-23(25)24-17-22(32)16-20(27(33)35-4)13-19-12-18(14-21(30)15-19)8-7-11-26(24)31/h5-7,9-12,14-15,20H,8,13,16-17H2,1-4H3/b11-7+/t20-/m1/s1. The molecule has 36 heavy (non-hydrogen) atoms. The predicted octanol–water partition coefficient (Wildman–Crippen LogP) is 5.67. The Hall–Kier alpha value is -3.74. The minimum Gasteiger partial charge on any atom is -0.469 e. The van der Waals surface area contributed by atoms with Crippen molar-refractivity contribution in [1.82, 2.24) is 4.57 Å². The van der Waals surface area contributed by atoms with E-state index in [4.69, 9.17) is 9.47 Å². The minimum absolute atomic E-state index is 0.0232. The summed E-state index contributed by atoms with van der Waals surface area (Å²) in [5.41, 5.74) is 2.46. The third-order valence-corrected chi connectivity index (χ3v) is 6.11. The van der Waals surface area contributed by atoms with Crippen molar-refractivity contribution in [3.63, 3.8) is 0 Å². The van der Waals surface area contributed by atoms with Crippen molar-refractivity contribution >= 4 is 34.8 Å². The lowest BCUT2D eigenvalue weighted by Gasteiger charge is -2.20. The van der Waals surface area contributed by atoms with Gasteiger partial charge in [0, 0.05) is 18.2 Å². The third kappa shape index (κ3) is 5.56. The SMILES string of the molecule is COC(=O)[C@H]1CC(=O)Cc2c(n(C(=O)OC(C)(C)C)c3ccccc23)/C=C/Cc2cc(F)cc(c2)C1. The Morgan fingerprint density at radius 1 is 1.06 bits per heavy atom. The van der Waals surface area contributed by atoms with E-state index in [1.807, 2.05) is 36.4 Å². The molecule has 1 atom stereocenters. The van der Waals surface area contributed by atoms with Crippen LogP contribution in [0.25, 0.3) is 17.0 Å². The van der Waals surface area contributed by atoms with Crippen LogP contribution in [0.2, 0.25) is 0 Å². The Morgan fingerprint density at radius 3 is 2.50 bits per heavy atom. The second-order valence-corrected chi connectivity index (χ2v) is 10.1. The first kappa shape index (κ1) is 25.4. The Morgan fingerprint density at radius 2 is 1.78 bits per heavy atom. The molecule has 1 aliphatic carbocycles. The molecule has 0 saturated carbocycles. The molecule has 0 unspecified atom stereocenters. The molecule has 7 heteroatoms. The fraction of sp³-hybridized carbons (Fsp3) is 0.345. The van der Waals surface area contributed by atoms with E-state index in [1.54, 1.807) is 26.8 Å². The number of ketones is 1. The molecule has 0 radical (unpaired) electrons. The Bertz CT molecular complexity index is 1360. The van der Waals surface area contributed by atoms with Crippen LogP contribution >= 0.6 is 0 Å². The average molecular weight is 492 g/mol. The molecule has 2 aromatic carbocycles. The maximum Gasteiger partial charge on any atom is 0.419 e. The summed E-state index contributed by atoms with van der Waals surface area (Å²) in [5, 5.41) is 0.757. The summed E-state index contributed by atoms with van der Waals surface area (Å²) in [6.07, 6.45) is 3.63. The molecule has 1 aromatic heterocycles. The summed E-state index contributed by atoms with van der Waals surface area (Å²) in [4.78, 5) is 39.1. The quantitative estimate of drug-likeness (QED) is 0.410. The number of carbonyl (C=O) groups excluding carboxylic acids is 3. The van der Waals surface area contributed by atoms with E-state index in [-0.39, 0.29) is 25.0 Å². The van der Waals surface area contributed by atoms with Gasteiger partial charge in [-0.3, -0.25) is 9.59 Å². The number of esters is 1. The van der Waals surface area contributed by atoms with Gasteiger partial charge in [-0.2, -0.15) is 0 Å². The number of halogens is 1. The summed E-state index contributed by atoms with van der Waals surface area (Å²) in [6, 6.07) is 12.0. The smallest absolute Gasteiger partial charge is 0.419 e. The van der Waals surface area contributed by atoms with Gasteiger partial charge in [0.1, 0.15) is 17.2 Å². The van der Waals surface area contributed by atoms with Crippen LogP contribution in [0, 0.1) is 11.7 Å². The maximum atomic E-state index is 14.4. The van der Waals surface area contributed by atoms with E-state index < -0.39 is 29.4 Å². The van der Waals surface area contributed by atoms with Gasteiger partial charge in [0.05, 0.1) is 24.2 Å². The Labute approximate surface area is 209 Å². The molecule has 1 aliphatic rings. The van der Waals surface area contributed by atoms with Crippen molar-refractivity contribution in [1.29, 1.82) is 0 Å². The number of methoxy groups -OCH3 is 1. The first-order valence-electron chi connectivity index (χ1n) is 12.0. The lowest BCUT2D eigenvalue weighted by atomic mass is 9.91. The van der Waals surface area contributed by atoms with Crippen LogP contribution in [-0.2, 0) is 38.3 Å². The highest BCUT2D eigenvalue weighted by molar-refractivity contribution is 5.99. The average Bonchev–Trinajstić information content (AvgIpc) is 3.09. The number of benzene rings is 2. The molecule has 0 spiro atoms. The van der Waals surface area contributed by atoms with Crippen LogP contribution < -0.4 is 0 Å². The highest BCUT2D eigenvalue weighted by atomic mass is 19.1. The molecule has 188 valence electrons. The van der Waals surface area contributed by atoms with Crippen LogP contribution in [0.3, 0.4) is 0 Å². The van der Waals surface area contributed by atoms with E-state index in [9.17, 15) is 18.8 Å². The van der Waals surface area contributed by atoms with Crippen molar-refractivity contribution in [2.24, 2.45) is 5.92 Å². The monoisotopic (exact) mass is 491 g/mol. The fourth-order valence-corrected chi connectivity index (χ4v) is 4.69. The molecule has 6 nitrogen and oxygen atoms in total. The second kappa shape index (κ2) is 10.1. The van der Waals surface area contributed by atoms with Crippen molar-refractivity contribution in [2.75, 3.05) is 7.11 Å². The van der Waals surface area contributed by atoms with E-state index in [0.717, 1.165) is 10.9 Å². The molecule has 0 aliphatic heterocycles. The number of hydrogen-bond donors (Lipinski definition) is 0. The number of Topliss-reactive ketones (excluding diaryl/α,β-unsaturated/α-hetero) is 1. The van der Waals surface area contributed by atoms with Crippen molar-refractivity contribution in [3.05, 3.63) is 76.7 Å². The number of fused-ring (bicyclic) bond motifs is 5. The first-order valence-corrected chi connectivity index (χ1v) is 12.0. The predicted molar refractivity (Wildman–Crippen MR) is 135 cm³/mol. The zero-order valence-corrected chi connectivity index (χ0v) is 21.0. The third-order valence-electron chi connectivity index (χ3n) is 6.11. The largest absolute Gasteiger partial charge is 0.469 e. The number of carbonyl (C=O) groups is 3. The van der Waals surface area contributed by atoms with Crippen molar-refractivity contribution < 1.29 is 28.2 Å². The van der Waals surface area contributed by atoms with Gasteiger partial charge in [-0.15, -0.1) is 0 Å². The molecule has 1 heterocycles. The van der Waals surface area contributed by atoms with Crippen molar-refractivity contribution in [3.8, 4) is 0 Å². The molecule has 4 rings (SSSR count). The number of hydrogen-bond acceptors (Lipinski definition) is 5. The van der Waals surface area contributed by atoms with Crippen molar-refractivity contribution in [2.45, 2.75) is 52.1 Å². The Balaban J connectivity index is 1.89. The highest BCUT2D eigenvalue weighted by Gasteiger charge is 2.28. The summed E-state index contributed by atoms with van der Waals surface area (Å²) in [7, 11) is 1.28. The van der Waals surface area contributed by atoms with Gasteiger partial charge < -0.3 is 9.47 Å². The summed E-state index contributed by atoms with van der Waals surface area (Å²) in [6.45, 7) is 5.38. The molecule has 3 aromatic rings. The molecule has 0 N–H and O–H groups in total. The van der Waals surface area contributed by atoms with E-state index in [1.165, 1.54) is 23.8 Å². The molecule has 0 fully saturated rings. The lowest BCUT2D eigenvalue weighted by Crippen LogP contribution is -2.27. The normalized spacial score (nSPS) is 17.4. The van der Waals surface area contributed by atoms with Gasteiger partial charge >= 0.3 is 12.1 Å². The Kier molecular flexibility index (Phi) is 7.11. The van der Waals surface area contributed by atoms with Gasteiger partial charge in [-0.1, -0.05) is 30.3 Å². The van der Waals surface area contributed by atoms with Gasteiger partial charge in [0.25, 0.3) is 0 Å². The maximum absolute atomic E-state index is 14.4. The van der Waals surface area contributed by atoms with Gasteiger partial charge in [-0.25, -0.2) is 13.8 Å². The fourth-order valence-electron chi connectivity index (χ4n) is 4.69. The van der Waals surface area contributed by atoms with E-state index in [2.05, 4.69) is 0 Å². The summed E-state index contributed by atoms with van der Waals surface area (Å²) < 4.78 is 26.5. The molecule has 2 bridgehead atoms. The van der Waals surface area contributed by atoms with Crippen LogP contribution in [0.1, 0.15) is 49.6 Å². The number of para-hydroxylation sites is 1. The van der Waals surface area contributed by atoms with Crippen LogP contribution in [0.4, 0.5) is 9.18 Å². The first-order chi connectivity index (χ1) is 17.1. The van der Waals surface area contributed by atoms with Crippen LogP contribution in [0.5, 0.6) is 0 Å². The lowest BCUT2D eigenvalue weighted by molar-refractivity contribution is -0.147. The molecule has 0 saturated heterocycles. The van der Waals surface area contributed by atoms with E-state index in [0.29, 0.717) is 28.8 Å². The topological polar surface area (TPSA) is 74.6 Å². The zero-order valence-electron chi connectivity index (χ0n) is 21.0. The van der Waals surface area contributed by atoms with Gasteiger partial charge in [0.15, 0.2) is 0 Å². The number of allylic oxidation sites excluding steroid dienone is 1. The minimum atomic E-state index is -0.742. The van der Waals surface area contributed by atoms with Gasteiger partial charge in [0.2, 0.25) is 0 Å². The summed E-state index contributed by atoms with van der Waals surface area (Å²) >= 11 is 0. The van der Waals surface area contributed by atoms with Crippen LogP contribution in [-0.4, -0.2) is 35.1 Å². The van der Waals surface area contributed by atoms with Gasteiger partial charge in [-0.05, 0) is 74.6 Å². The number of nitrogens with zero attached hydrogens (tertiary/aromatic N) is 1. The number of ether oxygens (including phenoxy) is 2. The number of aromatic nitrogens is 1. The highest BCUT2D eigenvalue weighted by Crippen LogP contribution is 2.31. The van der Waals surface area contributed by atoms with E-state index >= 15 is 0 Å².